The Morgan fingerprint density at radius 2 is 1.41 bits per heavy atom. The molecule has 1 atom stereocenters. The molecule has 0 aromatic heterocycles. The number of nitrogens with zero attached hydrogens (tertiary/aromatic N) is 1. The van der Waals surface area contributed by atoms with Crippen LogP contribution in [-0.2, 0) is 29.0 Å². The predicted octanol–water partition coefficient (Wildman–Crippen LogP) is 8.42. The maximum atomic E-state index is 13.3. The van der Waals surface area contributed by atoms with Gasteiger partial charge in [0.1, 0.15) is 0 Å². The van der Waals surface area contributed by atoms with Crippen LogP contribution in [0.1, 0.15) is 53.7 Å². The third-order valence-corrected chi connectivity index (χ3v) is 6.81. The maximum absolute atomic E-state index is 13.3. The molecule has 0 heterocycles. The fourth-order valence-electron chi connectivity index (χ4n) is 4.76. The zero-order valence-corrected chi connectivity index (χ0v) is 20.2. The van der Waals surface area contributed by atoms with E-state index in [0.717, 1.165) is 36.1 Å². The Morgan fingerprint density at radius 3 is 1.95 bits per heavy atom. The molecule has 37 heavy (non-hydrogen) atoms. The lowest BCUT2D eigenvalue weighted by Gasteiger charge is -2.47. The van der Waals surface area contributed by atoms with E-state index in [2.05, 4.69) is 4.99 Å². The second kappa shape index (κ2) is 10.7. The van der Waals surface area contributed by atoms with Gasteiger partial charge in [-0.15, -0.1) is 0 Å². The van der Waals surface area contributed by atoms with Gasteiger partial charge < -0.3 is 4.74 Å². The number of hydrogen-bond donors (Lipinski definition) is 0. The molecule has 1 aliphatic carbocycles. The summed E-state index contributed by atoms with van der Waals surface area (Å²) in [6.45, 7) is 2.21. The van der Waals surface area contributed by atoms with Gasteiger partial charge in [0.05, 0.1) is 30.4 Å². The average molecular weight is 520 g/mol. The largest absolute Gasteiger partial charge is 0.416 e. The van der Waals surface area contributed by atoms with Crippen molar-refractivity contribution in [2.45, 2.75) is 50.2 Å². The van der Waals surface area contributed by atoms with E-state index < -0.39 is 35.0 Å². The minimum atomic E-state index is -4.90. The van der Waals surface area contributed by atoms with Crippen molar-refractivity contribution in [1.29, 1.82) is 0 Å². The topological polar surface area (TPSA) is 21.6 Å². The number of halogens is 6. The van der Waals surface area contributed by atoms with Gasteiger partial charge in [-0.05, 0) is 60.6 Å². The minimum absolute atomic E-state index is 0.132. The van der Waals surface area contributed by atoms with Crippen molar-refractivity contribution in [3.8, 4) is 0 Å². The summed E-state index contributed by atoms with van der Waals surface area (Å²) in [4.78, 5) is 4.55. The summed E-state index contributed by atoms with van der Waals surface area (Å²) in [5.41, 5.74) is -1.12. The monoisotopic (exact) mass is 519 g/mol. The highest BCUT2D eigenvalue weighted by Gasteiger charge is 2.45. The van der Waals surface area contributed by atoms with Crippen LogP contribution >= 0.6 is 0 Å². The first-order chi connectivity index (χ1) is 17.5. The normalized spacial score (nSPS) is 21.1. The number of aliphatic imine (C=N–C) groups is 1. The zero-order valence-electron chi connectivity index (χ0n) is 20.2. The molecule has 196 valence electrons. The average Bonchev–Trinajstić information content (AvgIpc) is 2.84. The van der Waals surface area contributed by atoms with Crippen LogP contribution in [0.5, 0.6) is 0 Å². The van der Waals surface area contributed by atoms with Crippen LogP contribution in [0.4, 0.5) is 26.3 Å². The molecule has 0 bridgehead atoms. The highest BCUT2D eigenvalue weighted by molar-refractivity contribution is 5.64. The van der Waals surface area contributed by atoms with Gasteiger partial charge >= 0.3 is 12.4 Å². The molecule has 3 aromatic carbocycles. The molecule has 0 spiro atoms. The SMILES string of the molecule is C[C@@H](OCC1(c2ccccc2)CC(C=NCc2ccccc2)C1)c1cc(C(F)(F)F)cc(C(F)(F)F)c1. The Labute approximate surface area is 212 Å². The van der Waals surface area contributed by atoms with E-state index >= 15 is 0 Å². The molecule has 0 N–H and O–H groups in total. The fraction of sp³-hybridized carbons (Fsp3) is 0.345. The molecule has 2 nitrogen and oxygen atoms in total. The first-order valence-corrected chi connectivity index (χ1v) is 12.0. The summed E-state index contributed by atoms with van der Waals surface area (Å²) in [5, 5.41) is 0. The van der Waals surface area contributed by atoms with Crippen LogP contribution in [0, 0.1) is 5.92 Å². The Bertz CT molecular complexity index is 1170. The van der Waals surface area contributed by atoms with Gasteiger partial charge in [0.15, 0.2) is 0 Å². The molecule has 0 amide bonds. The molecule has 1 saturated carbocycles. The van der Waals surface area contributed by atoms with Crippen molar-refractivity contribution in [1.82, 2.24) is 0 Å². The third-order valence-electron chi connectivity index (χ3n) is 6.81. The van der Waals surface area contributed by atoms with Crippen LogP contribution in [0.3, 0.4) is 0 Å². The molecule has 8 heteroatoms. The van der Waals surface area contributed by atoms with Gasteiger partial charge in [-0.1, -0.05) is 60.7 Å². The van der Waals surface area contributed by atoms with E-state index in [1.54, 1.807) is 0 Å². The number of ether oxygens (including phenoxy) is 1. The van der Waals surface area contributed by atoms with Gasteiger partial charge in [-0.2, -0.15) is 26.3 Å². The van der Waals surface area contributed by atoms with E-state index in [0.29, 0.717) is 6.54 Å². The lowest BCUT2D eigenvalue weighted by atomic mass is 9.59. The molecule has 1 fully saturated rings. The molecule has 1 aliphatic rings. The van der Waals surface area contributed by atoms with Gasteiger partial charge in [0, 0.05) is 11.6 Å². The molecule has 0 radical (unpaired) electrons. The first-order valence-electron chi connectivity index (χ1n) is 12.0. The number of benzene rings is 3. The Kier molecular flexibility index (Phi) is 7.78. The van der Waals surface area contributed by atoms with Crippen LogP contribution in [0.15, 0.2) is 83.9 Å². The van der Waals surface area contributed by atoms with Gasteiger partial charge in [0.2, 0.25) is 0 Å². The molecule has 4 rings (SSSR count). The summed E-state index contributed by atoms with van der Waals surface area (Å²) in [5.74, 6) is 0.202. The van der Waals surface area contributed by atoms with Crippen LogP contribution < -0.4 is 0 Å². The summed E-state index contributed by atoms with van der Waals surface area (Å²) >= 11 is 0. The van der Waals surface area contributed by atoms with Gasteiger partial charge in [0.25, 0.3) is 0 Å². The quantitative estimate of drug-likeness (QED) is 0.216. The van der Waals surface area contributed by atoms with Crippen molar-refractivity contribution in [3.05, 3.63) is 107 Å². The molecule has 0 aliphatic heterocycles. The predicted molar refractivity (Wildman–Crippen MR) is 130 cm³/mol. The molecule has 0 unspecified atom stereocenters. The summed E-state index contributed by atoms with van der Waals surface area (Å²) in [6, 6.07) is 21.1. The smallest absolute Gasteiger partial charge is 0.373 e. The molecular weight excluding hydrogens is 492 g/mol. The lowest BCUT2D eigenvalue weighted by molar-refractivity contribution is -0.143. The summed E-state index contributed by atoms with van der Waals surface area (Å²) in [6.07, 6.45) is -7.39. The Hall–Kier alpha value is -3.13. The van der Waals surface area contributed by atoms with Gasteiger partial charge in [-0.3, -0.25) is 4.99 Å². The fourth-order valence-corrected chi connectivity index (χ4v) is 4.76. The van der Waals surface area contributed by atoms with Crippen LogP contribution in [-0.4, -0.2) is 12.8 Å². The number of hydrogen-bond acceptors (Lipinski definition) is 2. The van der Waals surface area contributed by atoms with E-state index in [4.69, 9.17) is 4.74 Å². The highest BCUT2D eigenvalue weighted by Crippen LogP contribution is 2.48. The molecule has 0 saturated heterocycles. The maximum Gasteiger partial charge on any atom is 0.416 e. The second-order valence-corrected chi connectivity index (χ2v) is 9.58. The van der Waals surface area contributed by atoms with Crippen LogP contribution in [0.2, 0.25) is 0 Å². The molecule has 3 aromatic rings. The van der Waals surface area contributed by atoms with E-state index in [9.17, 15) is 26.3 Å². The van der Waals surface area contributed by atoms with Crippen molar-refractivity contribution in [3.63, 3.8) is 0 Å². The number of alkyl halides is 6. The Morgan fingerprint density at radius 1 is 0.865 bits per heavy atom. The standard InChI is InChI=1S/C29H27F6NO/c1-20(23-12-25(28(30,31)32)14-26(13-23)29(33,34)35)37-19-27(24-10-6-3-7-11-24)15-22(16-27)18-36-17-21-8-4-2-5-9-21/h2-14,18,20,22H,15-17,19H2,1H3/t20-,22?,27?/m1/s1. The van der Waals surface area contributed by atoms with E-state index in [-0.39, 0.29) is 24.2 Å². The van der Waals surface area contributed by atoms with Crippen molar-refractivity contribution >= 4 is 6.21 Å². The molecular formula is C29H27F6NO. The summed E-state index contributed by atoms with van der Waals surface area (Å²) in [7, 11) is 0. The van der Waals surface area contributed by atoms with Crippen molar-refractivity contribution in [2.75, 3.05) is 6.61 Å². The van der Waals surface area contributed by atoms with E-state index in [1.165, 1.54) is 6.92 Å². The minimum Gasteiger partial charge on any atom is -0.373 e. The van der Waals surface area contributed by atoms with Gasteiger partial charge in [-0.25, -0.2) is 0 Å². The van der Waals surface area contributed by atoms with Crippen molar-refractivity contribution < 1.29 is 31.1 Å². The van der Waals surface area contributed by atoms with E-state index in [1.807, 2.05) is 66.9 Å². The van der Waals surface area contributed by atoms with Crippen molar-refractivity contribution in [2.24, 2.45) is 10.9 Å². The third kappa shape index (κ3) is 6.60. The first kappa shape index (κ1) is 26.9. The summed E-state index contributed by atoms with van der Waals surface area (Å²) < 4.78 is 85.7. The Balaban J connectivity index is 1.48. The highest BCUT2D eigenvalue weighted by atomic mass is 19.4. The number of rotatable bonds is 8. The lowest BCUT2D eigenvalue weighted by Crippen LogP contribution is -2.46. The van der Waals surface area contributed by atoms with Crippen LogP contribution in [0.25, 0.3) is 0 Å². The zero-order chi connectivity index (χ0) is 26.7. The second-order valence-electron chi connectivity index (χ2n) is 9.58.